The van der Waals surface area contributed by atoms with Gasteiger partial charge in [0.15, 0.2) is 5.82 Å². The molecule has 38 heavy (non-hydrogen) atoms. The summed E-state index contributed by atoms with van der Waals surface area (Å²) in [5.74, 6) is 0.516. The number of carbonyl (C=O) groups excluding carboxylic acids is 1. The smallest absolute Gasteiger partial charge is 0.263 e. The van der Waals surface area contributed by atoms with Gasteiger partial charge in [-0.05, 0) is 53.6 Å². The zero-order chi connectivity index (χ0) is 27.3. The molecule has 0 atom stereocenters. The molecule has 3 aromatic heterocycles. The minimum atomic E-state index is -3.88. The first-order valence-corrected chi connectivity index (χ1v) is 14.3. The van der Waals surface area contributed by atoms with E-state index in [1.165, 1.54) is 53.4 Å². The molecule has 0 fully saturated rings. The molecule has 0 aliphatic carbocycles. The van der Waals surface area contributed by atoms with E-state index in [4.69, 9.17) is 10.3 Å². The molecule has 4 aromatic rings. The third-order valence-electron chi connectivity index (χ3n) is 5.11. The number of pyridine rings is 1. The Morgan fingerprint density at radius 3 is 2.53 bits per heavy atom. The molecule has 4 N–H and O–H groups in total. The predicted octanol–water partition coefficient (Wildman–Crippen LogP) is 4.35. The summed E-state index contributed by atoms with van der Waals surface area (Å²) in [5.41, 5.74) is 7.90. The van der Waals surface area contributed by atoms with Crippen LogP contribution in [0.2, 0.25) is 0 Å². The van der Waals surface area contributed by atoms with Gasteiger partial charge in [0.1, 0.15) is 34.3 Å². The number of hydrogen-bond acceptors (Lipinski definition) is 11. The molecule has 3 heterocycles. The maximum Gasteiger partial charge on any atom is 0.263 e. The van der Waals surface area contributed by atoms with Crippen molar-refractivity contribution in [3.05, 3.63) is 64.0 Å². The number of hydrogen-bond donors (Lipinski definition) is 3. The van der Waals surface area contributed by atoms with Gasteiger partial charge in [0.25, 0.3) is 10.0 Å². The van der Waals surface area contributed by atoms with Gasteiger partial charge in [-0.25, -0.2) is 13.4 Å². The number of thiophene rings is 1. The minimum Gasteiger partial charge on any atom is -0.383 e. The summed E-state index contributed by atoms with van der Waals surface area (Å²) in [5, 5.41) is 29.6. The van der Waals surface area contributed by atoms with Gasteiger partial charge in [0, 0.05) is 29.5 Å². The third-order valence-corrected chi connectivity index (χ3v) is 8.14. The maximum absolute atomic E-state index is 12.5. The minimum absolute atomic E-state index is 0.0124. The van der Waals surface area contributed by atoms with Crippen LogP contribution in [0.4, 0.5) is 17.3 Å². The maximum atomic E-state index is 12.5. The molecule has 0 saturated heterocycles. The molecular weight excluding hydrogens is 547 g/mol. The number of sulfonamides is 1. The van der Waals surface area contributed by atoms with Crippen molar-refractivity contribution in [1.29, 1.82) is 10.5 Å². The lowest BCUT2D eigenvalue weighted by Crippen LogP contribution is -2.14. The van der Waals surface area contributed by atoms with Crippen molar-refractivity contribution in [3.63, 3.8) is 0 Å². The van der Waals surface area contributed by atoms with Crippen LogP contribution in [-0.2, 0) is 14.8 Å². The first-order valence-electron chi connectivity index (χ1n) is 10.9. The Bertz CT molecular complexity index is 1670. The van der Waals surface area contributed by atoms with Crippen LogP contribution in [0, 0.1) is 29.6 Å². The molecule has 0 radical (unpaired) electrons. The molecule has 0 spiro atoms. The number of nitrogens with one attached hydrogen (secondary N) is 2. The lowest BCUT2D eigenvalue weighted by molar-refractivity contribution is -0.115. The first-order chi connectivity index (χ1) is 18.2. The second-order valence-corrected chi connectivity index (χ2v) is 11.3. The van der Waals surface area contributed by atoms with Crippen molar-refractivity contribution in [2.24, 2.45) is 0 Å². The van der Waals surface area contributed by atoms with Gasteiger partial charge >= 0.3 is 0 Å². The Kier molecular flexibility index (Phi) is 7.97. The van der Waals surface area contributed by atoms with Gasteiger partial charge in [-0.3, -0.25) is 9.52 Å². The number of nitriles is 2. The van der Waals surface area contributed by atoms with Crippen molar-refractivity contribution < 1.29 is 17.7 Å². The Labute approximate surface area is 226 Å². The number of benzene rings is 1. The highest BCUT2D eigenvalue weighted by molar-refractivity contribution is 7.99. The fraction of sp³-hybridized carbons (Fsp3) is 0.125. The molecule has 1 aromatic carbocycles. The summed E-state index contributed by atoms with van der Waals surface area (Å²) in [4.78, 5) is 16.7. The van der Waals surface area contributed by atoms with Crippen molar-refractivity contribution in [1.82, 2.24) is 10.1 Å². The van der Waals surface area contributed by atoms with Crippen LogP contribution in [-0.4, -0.2) is 30.2 Å². The molecule has 11 nitrogen and oxygen atoms in total. The Morgan fingerprint density at radius 1 is 1.18 bits per heavy atom. The quantitative estimate of drug-likeness (QED) is 0.246. The summed E-state index contributed by atoms with van der Waals surface area (Å²) >= 11 is 2.61. The zero-order valence-corrected chi connectivity index (χ0v) is 22.2. The molecule has 0 bridgehead atoms. The summed E-state index contributed by atoms with van der Waals surface area (Å²) in [6.45, 7) is 1.64. The van der Waals surface area contributed by atoms with Gasteiger partial charge < -0.3 is 15.6 Å². The van der Waals surface area contributed by atoms with Crippen LogP contribution in [0.15, 0.2) is 61.6 Å². The lowest BCUT2D eigenvalue weighted by Gasteiger charge is -2.12. The summed E-state index contributed by atoms with van der Waals surface area (Å²) in [6, 6.07) is 13.0. The van der Waals surface area contributed by atoms with E-state index in [1.54, 1.807) is 13.0 Å². The van der Waals surface area contributed by atoms with Gasteiger partial charge in [0.05, 0.1) is 10.5 Å². The van der Waals surface area contributed by atoms with Crippen molar-refractivity contribution in [2.45, 2.75) is 23.3 Å². The fourth-order valence-electron chi connectivity index (χ4n) is 3.39. The second-order valence-electron chi connectivity index (χ2n) is 7.76. The lowest BCUT2D eigenvalue weighted by atomic mass is 9.99. The number of anilines is 3. The Balaban J connectivity index is 1.39. The summed E-state index contributed by atoms with van der Waals surface area (Å²) in [7, 11) is -3.88. The topological polar surface area (TPSA) is 188 Å². The molecule has 4 rings (SSSR count). The summed E-state index contributed by atoms with van der Waals surface area (Å²) in [6.07, 6.45) is 0.0814. The van der Waals surface area contributed by atoms with Crippen LogP contribution in [0.25, 0.3) is 11.1 Å². The normalized spacial score (nSPS) is 10.9. The SMILES string of the molecule is Cc1cc(NS(=O)(=O)c2ccc(NC(=O)CCSc3nc(N)c(C#N)c(-c4ccsc4)c3C#N)cc2)no1. The van der Waals surface area contributed by atoms with E-state index in [0.29, 0.717) is 27.6 Å². The van der Waals surface area contributed by atoms with Gasteiger partial charge in [-0.2, -0.15) is 21.9 Å². The van der Waals surface area contributed by atoms with E-state index in [-0.39, 0.29) is 45.7 Å². The van der Waals surface area contributed by atoms with E-state index in [0.717, 1.165) is 0 Å². The van der Waals surface area contributed by atoms with E-state index in [1.807, 2.05) is 16.8 Å². The van der Waals surface area contributed by atoms with Gasteiger partial charge in [0.2, 0.25) is 5.91 Å². The molecule has 1 amide bonds. The van der Waals surface area contributed by atoms with Gasteiger partial charge in [-0.1, -0.05) is 5.16 Å². The zero-order valence-electron chi connectivity index (χ0n) is 19.8. The Hall–Kier alpha value is -4.37. The molecule has 0 saturated carbocycles. The Morgan fingerprint density at radius 2 is 1.92 bits per heavy atom. The number of rotatable bonds is 9. The fourth-order valence-corrected chi connectivity index (χ4v) is 5.96. The van der Waals surface area contributed by atoms with E-state index in [9.17, 15) is 23.7 Å². The van der Waals surface area contributed by atoms with E-state index < -0.39 is 10.0 Å². The molecule has 192 valence electrons. The van der Waals surface area contributed by atoms with Crippen molar-refractivity contribution in [3.8, 4) is 23.3 Å². The molecule has 0 aliphatic rings. The van der Waals surface area contributed by atoms with Crippen LogP contribution < -0.4 is 15.8 Å². The number of nitrogens with two attached hydrogens (primary N) is 1. The van der Waals surface area contributed by atoms with Crippen LogP contribution >= 0.6 is 23.1 Å². The highest BCUT2D eigenvalue weighted by Crippen LogP contribution is 2.36. The van der Waals surface area contributed by atoms with Crippen molar-refractivity contribution >= 4 is 56.4 Å². The third kappa shape index (κ3) is 5.95. The van der Waals surface area contributed by atoms with Crippen LogP contribution in [0.5, 0.6) is 0 Å². The highest BCUT2D eigenvalue weighted by atomic mass is 32.2. The van der Waals surface area contributed by atoms with E-state index in [2.05, 4.69) is 26.2 Å². The second kappa shape index (κ2) is 11.4. The number of amides is 1. The molecule has 0 unspecified atom stereocenters. The van der Waals surface area contributed by atoms with Crippen LogP contribution in [0.1, 0.15) is 23.3 Å². The largest absolute Gasteiger partial charge is 0.383 e. The molecule has 14 heteroatoms. The average molecular weight is 566 g/mol. The van der Waals surface area contributed by atoms with Crippen molar-refractivity contribution in [2.75, 3.05) is 21.5 Å². The monoisotopic (exact) mass is 565 g/mol. The highest BCUT2D eigenvalue weighted by Gasteiger charge is 2.21. The molecular formula is C24H19N7O4S3. The number of thioether (sulfide) groups is 1. The van der Waals surface area contributed by atoms with E-state index >= 15 is 0 Å². The first kappa shape index (κ1) is 26.7. The summed E-state index contributed by atoms with van der Waals surface area (Å²) < 4.78 is 32.2. The average Bonchev–Trinajstić information content (AvgIpc) is 3.55. The predicted molar refractivity (Wildman–Crippen MR) is 144 cm³/mol. The number of aromatic nitrogens is 2. The number of aryl methyl sites for hydroxylation is 1. The standard InChI is InChI=1S/C24H19N7O4S3/c1-14-10-20(30-35-14)31-38(33,34)17-4-2-16(3-5-17)28-21(32)7-9-37-24-19(12-26)22(15-6-8-36-13-15)18(11-25)23(27)29-24/h2-6,8,10,13H,7,9H2,1H3,(H2,27,29)(H,28,32)(H,30,31). The van der Waals surface area contributed by atoms with Gasteiger partial charge in [-0.15, -0.1) is 11.8 Å². The number of nitrogen functional groups attached to an aromatic ring is 1. The number of nitrogens with zero attached hydrogens (tertiary/aromatic N) is 4. The number of carbonyl (C=O) groups is 1. The van der Waals surface area contributed by atoms with Crippen LogP contribution in [0.3, 0.4) is 0 Å². The molecule has 0 aliphatic heterocycles.